The number of aromatic nitrogens is 3. The Hall–Kier alpha value is -5.34. The van der Waals surface area contributed by atoms with Crippen LogP contribution >= 0.6 is 23.3 Å². The van der Waals surface area contributed by atoms with Crippen molar-refractivity contribution in [2.24, 2.45) is 5.16 Å². The summed E-state index contributed by atoms with van der Waals surface area (Å²) >= 11 is 2.30. The SMILES string of the molecule is CON=C(C(=O)NC1C(=O)N2C(C(=O)OC(c3ccccc3)c3ccccc3)=C(C=Cc3cccnc3)CS[C@H]12)c1nsc(N)n1. The molecule has 12 nitrogen and oxygen atoms in total. The van der Waals surface area contributed by atoms with Crippen LogP contribution in [0.3, 0.4) is 0 Å². The molecule has 14 heteroatoms. The number of oxime groups is 1. The fourth-order valence-corrected chi connectivity index (χ4v) is 6.75. The molecular weight excluding hydrogens is 627 g/mol. The number of amides is 2. The van der Waals surface area contributed by atoms with E-state index in [-0.39, 0.29) is 22.4 Å². The number of nitrogens with two attached hydrogens (primary N) is 1. The number of carbonyl (C=O) groups excluding carboxylic acids is 3. The quantitative estimate of drug-likeness (QED) is 0.112. The number of nitrogen functional groups attached to an aromatic ring is 1. The molecule has 2 aliphatic rings. The van der Waals surface area contributed by atoms with Gasteiger partial charge in [-0.25, -0.2) is 4.79 Å². The summed E-state index contributed by atoms with van der Waals surface area (Å²) in [5.41, 5.74) is 8.53. The largest absolute Gasteiger partial charge is 0.448 e. The van der Waals surface area contributed by atoms with Gasteiger partial charge in [0.1, 0.15) is 24.2 Å². The maximum Gasteiger partial charge on any atom is 0.356 e. The highest BCUT2D eigenvalue weighted by molar-refractivity contribution is 8.00. The third-order valence-electron chi connectivity index (χ3n) is 7.12. The molecule has 3 N–H and O–H groups in total. The molecule has 1 fully saturated rings. The third kappa shape index (κ3) is 6.39. The summed E-state index contributed by atoms with van der Waals surface area (Å²) in [5, 5.41) is 6.01. The van der Waals surface area contributed by atoms with Crippen LogP contribution in [0.25, 0.3) is 6.08 Å². The van der Waals surface area contributed by atoms with E-state index in [2.05, 4.69) is 24.8 Å². The number of pyridine rings is 1. The first-order valence-electron chi connectivity index (χ1n) is 14.0. The van der Waals surface area contributed by atoms with Crippen LogP contribution in [0.5, 0.6) is 0 Å². The summed E-state index contributed by atoms with van der Waals surface area (Å²) in [6.45, 7) is 0. The monoisotopic (exact) mass is 653 g/mol. The molecule has 1 unspecified atom stereocenters. The predicted octanol–water partition coefficient (Wildman–Crippen LogP) is 3.57. The van der Waals surface area contributed by atoms with E-state index in [0.29, 0.717) is 11.3 Å². The minimum absolute atomic E-state index is 0.0263. The number of anilines is 1. The van der Waals surface area contributed by atoms with E-state index in [0.717, 1.165) is 28.2 Å². The van der Waals surface area contributed by atoms with E-state index in [1.807, 2.05) is 78.9 Å². The van der Waals surface area contributed by atoms with Crippen molar-refractivity contribution >= 4 is 58.0 Å². The Morgan fingerprint density at radius 3 is 2.39 bits per heavy atom. The summed E-state index contributed by atoms with van der Waals surface area (Å²) in [7, 11) is 1.28. The summed E-state index contributed by atoms with van der Waals surface area (Å²) in [6, 6.07) is 21.5. The predicted molar refractivity (Wildman–Crippen MR) is 174 cm³/mol. The lowest BCUT2D eigenvalue weighted by Gasteiger charge is -2.49. The maximum atomic E-state index is 14.1. The number of fused-ring (bicyclic) bond motifs is 1. The van der Waals surface area contributed by atoms with Gasteiger partial charge in [0.25, 0.3) is 11.8 Å². The number of benzene rings is 2. The summed E-state index contributed by atoms with van der Waals surface area (Å²) in [5.74, 6) is -1.53. The van der Waals surface area contributed by atoms with Crippen molar-refractivity contribution in [2.75, 3.05) is 18.6 Å². The minimum atomic E-state index is -0.957. The van der Waals surface area contributed by atoms with E-state index in [1.165, 1.54) is 23.8 Å². The molecule has 2 aliphatic heterocycles. The maximum absolute atomic E-state index is 14.1. The highest BCUT2D eigenvalue weighted by Gasteiger charge is 2.54. The van der Waals surface area contributed by atoms with Crippen LogP contribution in [-0.2, 0) is 24.0 Å². The van der Waals surface area contributed by atoms with Gasteiger partial charge < -0.3 is 20.6 Å². The van der Waals surface area contributed by atoms with Gasteiger partial charge in [0.05, 0.1) is 0 Å². The molecule has 1 saturated heterocycles. The van der Waals surface area contributed by atoms with Gasteiger partial charge in [-0.15, -0.1) is 11.8 Å². The van der Waals surface area contributed by atoms with E-state index < -0.39 is 35.3 Å². The number of esters is 1. The summed E-state index contributed by atoms with van der Waals surface area (Å²) < 4.78 is 10.2. The van der Waals surface area contributed by atoms with Gasteiger partial charge in [0.2, 0.25) is 11.5 Å². The normalized spacial score (nSPS) is 17.9. The van der Waals surface area contributed by atoms with E-state index in [4.69, 9.17) is 15.3 Å². The molecule has 0 bridgehead atoms. The van der Waals surface area contributed by atoms with Crippen molar-refractivity contribution in [3.05, 3.63) is 125 Å². The fraction of sp³-hybridized carbons (Fsp3) is 0.156. The molecule has 46 heavy (non-hydrogen) atoms. The first-order valence-corrected chi connectivity index (χ1v) is 15.8. The number of carbonyl (C=O) groups is 3. The van der Waals surface area contributed by atoms with Gasteiger partial charge in [0, 0.05) is 29.7 Å². The molecule has 2 amide bonds. The second kappa shape index (κ2) is 13.7. The number of nitrogens with zero attached hydrogens (tertiary/aromatic N) is 5. The zero-order valence-electron chi connectivity index (χ0n) is 24.3. The molecule has 6 rings (SSSR count). The Labute approximate surface area is 272 Å². The topological polar surface area (TPSA) is 162 Å². The molecule has 0 aliphatic carbocycles. The Morgan fingerprint density at radius 1 is 1.07 bits per heavy atom. The first-order chi connectivity index (χ1) is 22.4. The molecule has 232 valence electrons. The van der Waals surface area contributed by atoms with Gasteiger partial charge in [-0.05, 0) is 28.3 Å². The van der Waals surface area contributed by atoms with Crippen LogP contribution in [0.4, 0.5) is 5.13 Å². The third-order valence-corrected chi connectivity index (χ3v) is 8.96. The number of allylic oxidation sites excluding steroid dienone is 1. The number of thioether (sulfide) groups is 1. The van der Waals surface area contributed by atoms with Gasteiger partial charge in [-0.2, -0.15) is 9.36 Å². The van der Waals surface area contributed by atoms with Crippen LogP contribution in [0.2, 0.25) is 0 Å². The molecular formula is C32H27N7O5S2. The van der Waals surface area contributed by atoms with Crippen LogP contribution < -0.4 is 11.1 Å². The van der Waals surface area contributed by atoms with Crippen LogP contribution in [-0.4, -0.2) is 67.0 Å². The second-order valence-electron chi connectivity index (χ2n) is 10.0. The van der Waals surface area contributed by atoms with Crippen LogP contribution in [0.15, 0.2) is 108 Å². The van der Waals surface area contributed by atoms with E-state index >= 15 is 0 Å². The standard InChI is InChI=1S/C32H27N7O5S2/c1-43-37-23(27-36-32(33)46-38-27)28(40)35-24-29(41)39-25(22(18-45-30(24)39)15-14-19-9-8-16-34-17-19)31(42)44-26(20-10-4-2-5-11-20)21-12-6-3-7-13-21/h2-17,24,26,30H,18H2,1H3,(H,35,40)(H2,33,36,38)/t24?,30-/m1/s1. The molecule has 2 aromatic carbocycles. The average Bonchev–Trinajstić information content (AvgIpc) is 3.53. The zero-order valence-corrected chi connectivity index (χ0v) is 26.0. The van der Waals surface area contributed by atoms with Crippen molar-refractivity contribution < 1.29 is 24.0 Å². The fourth-order valence-electron chi connectivity index (χ4n) is 4.99. The number of rotatable bonds is 10. The average molecular weight is 654 g/mol. The van der Waals surface area contributed by atoms with Gasteiger partial charge >= 0.3 is 5.97 Å². The van der Waals surface area contributed by atoms with Crippen LogP contribution in [0.1, 0.15) is 28.6 Å². The Morgan fingerprint density at radius 2 is 1.78 bits per heavy atom. The number of ether oxygens (including phenoxy) is 1. The lowest BCUT2D eigenvalue weighted by Crippen LogP contribution is -2.71. The lowest BCUT2D eigenvalue weighted by atomic mass is 10.00. The minimum Gasteiger partial charge on any atom is -0.448 e. The van der Waals surface area contributed by atoms with E-state index in [1.54, 1.807) is 18.5 Å². The highest BCUT2D eigenvalue weighted by Crippen LogP contribution is 2.42. The number of hydrogen-bond donors (Lipinski definition) is 2. The summed E-state index contributed by atoms with van der Waals surface area (Å²) in [6.07, 6.45) is 6.25. The molecule has 2 aromatic heterocycles. The van der Waals surface area contributed by atoms with Crippen molar-refractivity contribution in [3.8, 4) is 0 Å². The number of nitrogens with one attached hydrogen (secondary N) is 1. The first kappa shape index (κ1) is 30.7. The van der Waals surface area contributed by atoms with Gasteiger partial charge in [0.15, 0.2) is 11.2 Å². The lowest BCUT2D eigenvalue weighted by molar-refractivity contribution is -0.154. The molecule has 0 saturated carbocycles. The molecule has 4 aromatic rings. The zero-order chi connectivity index (χ0) is 32.0. The highest BCUT2D eigenvalue weighted by atomic mass is 32.2. The van der Waals surface area contributed by atoms with Crippen molar-refractivity contribution in [1.29, 1.82) is 0 Å². The van der Waals surface area contributed by atoms with E-state index in [9.17, 15) is 14.4 Å². The summed E-state index contributed by atoms with van der Waals surface area (Å²) in [4.78, 5) is 55.4. The number of hydrogen-bond acceptors (Lipinski definition) is 12. The molecule has 2 atom stereocenters. The Bertz CT molecular complexity index is 1790. The second-order valence-corrected chi connectivity index (χ2v) is 11.9. The Kier molecular flexibility index (Phi) is 9.17. The van der Waals surface area contributed by atoms with Gasteiger partial charge in [-0.3, -0.25) is 19.5 Å². The van der Waals surface area contributed by atoms with Crippen molar-refractivity contribution in [1.82, 2.24) is 24.6 Å². The Balaban J connectivity index is 1.31. The van der Waals surface area contributed by atoms with Gasteiger partial charge in [-0.1, -0.05) is 84.0 Å². The number of β-lactam (4-membered cyclic amide) rings is 1. The molecule has 0 radical (unpaired) electrons. The van der Waals surface area contributed by atoms with Crippen molar-refractivity contribution in [2.45, 2.75) is 17.5 Å². The molecule has 4 heterocycles. The van der Waals surface area contributed by atoms with Crippen LogP contribution in [0, 0.1) is 0 Å². The van der Waals surface area contributed by atoms with Crippen molar-refractivity contribution in [3.63, 3.8) is 0 Å². The molecule has 0 spiro atoms. The smallest absolute Gasteiger partial charge is 0.356 e.